The highest BCUT2D eigenvalue weighted by molar-refractivity contribution is 5.95. The summed E-state index contributed by atoms with van der Waals surface area (Å²) in [5, 5.41) is 3.31. The largest absolute Gasteiger partial charge is 0.366 e. The van der Waals surface area contributed by atoms with Gasteiger partial charge in [-0.1, -0.05) is 54.1 Å². The molecule has 1 aliphatic rings. The first kappa shape index (κ1) is 17.3. The summed E-state index contributed by atoms with van der Waals surface area (Å²) in [5.74, 6) is 0.782. The lowest BCUT2D eigenvalue weighted by atomic mass is 9.99. The fourth-order valence-electron chi connectivity index (χ4n) is 3.41. The summed E-state index contributed by atoms with van der Waals surface area (Å²) in [5.41, 5.74) is 5.69. The summed E-state index contributed by atoms with van der Waals surface area (Å²) >= 11 is 0. The number of hydrogen-bond acceptors (Lipinski definition) is 3. The Labute approximate surface area is 159 Å². The Morgan fingerprint density at radius 1 is 1.07 bits per heavy atom. The molecule has 0 saturated heterocycles. The molecule has 0 saturated carbocycles. The number of rotatable bonds is 4. The van der Waals surface area contributed by atoms with E-state index in [4.69, 9.17) is 0 Å². The van der Waals surface area contributed by atoms with Crippen LogP contribution in [0.25, 0.3) is 0 Å². The molecule has 27 heavy (non-hydrogen) atoms. The number of aromatic nitrogens is 1. The minimum Gasteiger partial charge on any atom is -0.366 e. The Morgan fingerprint density at radius 3 is 2.67 bits per heavy atom. The van der Waals surface area contributed by atoms with E-state index in [1.165, 1.54) is 22.3 Å². The van der Waals surface area contributed by atoms with Crippen molar-refractivity contribution in [1.82, 2.24) is 9.88 Å². The first-order valence-corrected chi connectivity index (χ1v) is 9.30. The second kappa shape index (κ2) is 7.62. The molecule has 4 heteroatoms. The predicted octanol–water partition coefficient (Wildman–Crippen LogP) is 4.20. The van der Waals surface area contributed by atoms with Gasteiger partial charge in [0.1, 0.15) is 5.82 Å². The molecule has 1 N–H and O–H groups in total. The topological polar surface area (TPSA) is 45.2 Å². The van der Waals surface area contributed by atoms with Gasteiger partial charge in [-0.15, -0.1) is 0 Å². The zero-order chi connectivity index (χ0) is 18.6. The molecule has 3 aromatic rings. The Bertz CT molecular complexity index is 950. The van der Waals surface area contributed by atoms with Crippen LogP contribution in [0.4, 0.5) is 5.82 Å². The van der Waals surface area contributed by atoms with E-state index < -0.39 is 0 Å². The second-order valence-corrected chi connectivity index (χ2v) is 7.01. The van der Waals surface area contributed by atoms with Gasteiger partial charge in [-0.25, -0.2) is 4.98 Å². The van der Waals surface area contributed by atoms with Crippen molar-refractivity contribution in [2.45, 2.75) is 26.4 Å². The van der Waals surface area contributed by atoms with Crippen LogP contribution in [0.15, 0.2) is 66.9 Å². The van der Waals surface area contributed by atoms with Gasteiger partial charge in [-0.05, 0) is 42.2 Å². The van der Waals surface area contributed by atoms with Crippen molar-refractivity contribution in [3.8, 4) is 0 Å². The Morgan fingerprint density at radius 2 is 1.85 bits per heavy atom. The molecule has 0 bridgehead atoms. The van der Waals surface area contributed by atoms with Crippen LogP contribution in [0.2, 0.25) is 0 Å². The maximum Gasteiger partial charge on any atom is 0.254 e. The molecule has 4 nitrogen and oxygen atoms in total. The number of hydrogen-bond donors (Lipinski definition) is 1. The van der Waals surface area contributed by atoms with Crippen LogP contribution in [-0.4, -0.2) is 22.3 Å². The van der Waals surface area contributed by atoms with Gasteiger partial charge in [0.05, 0.1) is 0 Å². The SMILES string of the molecule is Cc1ccc(CNc2cc(C(=O)N3CCc4ccccc4C3)ccn2)cc1. The number of aryl methyl sites for hydroxylation is 1. The van der Waals surface area contributed by atoms with Crippen LogP contribution in [0.5, 0.6) is 0 Å². The van der Waals surface area contributed by atoms with Gasteiger partial charge in [0.15, 0.2) is 0 Å². The fourth-order valence-corrected chi connectivity index (χ4v) is 3.41. The first-order chi connectivity index (χ1) is 13.2. The molecule has 2 aromatic carbocycles. The number of carbonyl (C=O) groups is 1. The standard InChI is InChI=1S/C23H23N3O/c1-17-6-8-18(9-7-17)15-25-22-14-20(10-12-24-22)23(27)26-13-11-19-4-2-3-5-21(19)16-26/h2-10,12,14H,11,13,15-16H2,1H3,(H,24,25). The smallest absolute Gasteiger partial charge is 0.254 e. The van der Waals surface area contributed by atoms with E-state index in [-0.39, 0.29) is 5.91 Å². The van der Waals surface area contributed by atoms with Crippen molar-refractivity contribution in [3.05, 3.63) is 94.7 Å². The molecule has 136 valence electrons. The highest BCUT2D eigenvalue weighted by Gasteiger charge is 2.21. The summed E-state index contributed by atoms with van der Waals surface area (Å²) in [6.07, 6.45) is 2.61. The van der Waals surface area contributed by atoms with E-state index in [9.17, 15) is 4.79 Å². The van der Waals surface area contributed by atoms with Gasteiger partial charge in [0, 0.05) is 31.4 Å². The van der Waals surface area contributed by atoms with Crippen LogP contribution in [0.1, 0.15) is 32.6 Å². The molecule has 1 amide bonds. The lowest BCUT2D eigenvalue weighted by Crippen LogP contribution is -2.35. The van der Waals surface area contributed by atoms with Crippen molar-refractivity contribution < 1.29 is 4.79 Å². The molecule has 0 fully saturated rings. The zero-order valence-corrected chi connectivity index (χ0v) is 15.5. The van der Waals surface area contributed by atoms with Crippen LogP contribution >= 0.6 is 0 Å². The number of nitrogens with zero attached hydrogens (tertiary/aromatic N) is 2. The van der Waals surface area contributed by atoms with Crippen molar-refractivity contribution in [2.24, 2.45) is 0 Å². The lowest BCUT2D eigenvalue weighted by Gasteiger charge is -2.29. The van der Waals surface area contributed by atoms with Crippen molar-refractivity contribution in [3.63, 3.8) is 0 Å². The average molecular weight is 357 g/mol. The van der Waals surface area contributed by atoms with Crippen LogP contribution in [-0.2, 0) is 19.5 Å². The van der Waals surface area contributed by atoms with Gasteiger partial charge in [0.25, 0.3) is 5.91 Å². The molecule has 0 atom stereocenters. The quantitative estimate of drug-likeness (QED) is 0.761. The third-order valence-corrected chi connectivity index (χ3v) is 5.02. The molecule has 1 aliphatic heterocycles. The van der Waals surface area contributed by atoms with E-state index in [1.807, 2.05) is 17.0 Å². The lowest BCUT2D eigenvalue weighted by molar-refractivity contribution is 0.0734. The molecular formula is C23H23N3O. The van der Waals surface area contributed by atoms with Crippen LogP contribution < -0.4 is 5.32 Å². The molecule has 0 radical (unpaired) electrons. The highest BCUT2D eigenvalue weighted by atomic mass is 16.2. The minimum absolute atomic E-state index is 0.0605. The number of fused-ring (bicyclic) bond motifs is 1. The van der Waals surface area contributed by atoms with E-state index in [1.54, 1.807) is 12.3 Å². The van der Waals surface area contributed by atoms with Crippen molar-refractivity contribution in [1.29, 1.82) is 0 Å². The molecule has 4 rings (SSSR count). The van der Waals surface area contributed by atoms with E-state index >= 15 is 0 Å². The van der Waals surface area contributed by atoms with Crippen LogP contribution in [0.3, 0.4) is 0 Å². The summed E-state index contributed by atoms with van der Waals surface area (Å²) in [7, 11) is 0. The van der Waals surface area contributed by atoms with E-state index in [0.717, 1.165) is 18.8 Å². The third kappa shape index (κ3) is 4.00. The van der Waals surface area contributed by atoms with Gasteiger partial charge in [-0.2, -0.15) is 0 Å². The van der Waals surface area contributed by atoms with Gasteiger partial charge < -0.3 is 10.2 Å². The number of pyridine rings is 1. The second-order valence-electron chi connectivity index (χ2n) is 7.01. The van der Waals surface area contributed by atoms with Crippen LogP contribution in [0, 0.1) is 6.92 Å². The van der Waals surface area contributed by atoms with Gasteiger partial charge >= 0.3 is 0 Å². The maximum absolute atomic E-state index is 12.9. The molecule has 2 heterocycles. The Balaban J connectivity index is 1.44. The number of amides is 1. The number of anilines is 1. The van der Waals surface area contributed by atoms with Gasteiger partial charge in [-0.3, -0.25) is 4.79 Å². The third-order valence-electron chi connectivity index (χ3n) is 5.02. The number of benzene rings is 2. The number of nitrogens with one attached hydrogen (secondary N) is 1. The predicted molar refractivity (Wildman–Crippen MR) is 108 cm³/mol. The van der Waals surface area contributed by atoms with Crippen molar-refractivity contribution in [2.75, 3.05) is 11.9 Å². The highest BCUT2D eigenvalue weighted by Crippen LogP contribution is 2.21. The minimum atomic E-state index is 0.0605. The van der Waals surface area contributed by atoms with E-state index in [2.05, 4.69) is 59.7 Å². The molecule has 0 unspecified atom stereocenters. The van der Waals surface area contributed by atoms with Crippen molar-refractivity contribution >= 4 is 11.7 Å². The average Bonchev–Trinajstić information content (AvgIpc) is 2.72. The summed E-state index contributed by atoms with van der Waals surface area (Å²) in [4.78, 5) is 19.2. The fraction of sp³-hybridized carbons (Fsp3) is 0.217. The molecule has 1 aromatic heterocycles. The summed E-state index contributed by atoms with van der Waals surface area (Å²) in [6, 6.07) is 20.4. The summed E-state index contributed by atoms with van der Waals surface area (Å²) < 4.78 is 0. The first-order valence-electron chi connectivity index (χ1n) is 9.30. The summed E-state index contributed by atoms with van der Waals surface area (Å²) in [6.45, 7) is 4.18. The number of carbonyl (C=O) groups excluding carboxylic acids is 1. The Kier molecular flexibility index (Phi) is 4.88. The van der Waals surface area contributed by atoms with Gasteiger partial charge in [0.2, 0.25) is 0 Å². The normalized spacial score (nSPS) is 13.1. The Hall–Kier alpha value is -3.14. The molecule has 0 spiro atoms. The molecular weight excluding hydrogens is 334 g/mol. The van der Waals surface area contributed by atoms with E-state index in [0.29, 0.717) is 18.7 Å². The molecule has 0 aliphatic carbocycles. The maximum atomic E-state index is 12.9. The monoisotopic (exact) mass is 357 g/mol. The zero-order valence-electron chi connectivity index (χ0n) is 15.5.